The lowest BCUT2D eigenvalue weighted by atomic mass is 10.1. The molecule has 0 aromatic carbocycles. The molecule has 2 heteroatoms. The second-order valence-corrected chi connectivity index (χ2v) is 2.07. The van der Waals surface area contributed by atoms with Crippen LogP contribution in [0.25, 0.3) is 0 Å². The van der Waals surface area contributed by atoms with Gasteiger partial charge in [0.25, 0.3) is 0 Å². The Labute approximate surface area is 55.0 Å². The molecule has 9 heavy (non-hydrogen) atoms. The number of azo groups is 1. The van der Waals surface area contributed by atoms with Crippen molar-refractivity contribution in [3.63, 3.8) is 0 Å². The van der Waals surface area contributed by atoms with Crippen LogP contribution in [0.1, 0.15) is 6.42 Å². The van der Waals surface area contributed by atoms with Crippen molar-refractivity contribution in [1.82, 2.24) is 0 Å². The highest BCUT2D eigenvalue weighted by atomic mass is 15.2. The Kier molecular flexibility index (Phi) is 1.78. The first-order valence-corrected chi connectivity index (χ1v) is 3.02. The third-order valence-electron chi connectivity index (χ3n) is 1.39. The summed E-state index contributed by atoms with van der Waals surface area (Å²) in [6, 6.07) is 0.459. The molecule has 0 saturated heterocycles. The zero-order valence-corrected chi connectivity index (χ0v) is 5.33. The van der Waals surface area contributed by atoms with Crippen LogP contribution in [0.2, 0.25) is 0 Å². The predicted octanol–water partition coefficient (Wildman–Crippen LogP) is 1.95. The molecule has 0 unspecified atom stereocenters. The lowest BCUT2D eigenvalue weighted by Crippen LogP contribution is -2.00. The summed E-state index contributed by atoms with van der Waals surface area (Å²) in [6.45, 7) is 7.25. The molecule has 0 aromatic rings. The molecule has 0 bridgehead atoms. The van der Waals surface area contributed by atoms with Crippen molar-refractivity contribution in [3.8, 4) is 0 Å². The van der Waals surface area contributed by atoms with Crippen molar-refractivity contribution in [2.75, 3.05) is 0 Å². The molecule has 2 atom stereocenters. The van der Waals surface area contributed by atoms with Crippen LogP contribution in [0.15, 0.2) is 35.5 Å². The van der Waals surface area contributed by atoms with Gasteiger partial charge in [-0.3, -0.25) is 0 Å². The van der Waals surface area contributed by atoms with Gasteiger partial charge in [0, 0.05) is 6.42 Å². The standard InChI is InChI=1S/C7H10N2/c1-3-6-5-7(4-2)9-8-6/h3-4,6-7H,1-2,5H2/t6-,7-/m0/s1. The number of hydrogen-bond acceptors (Lipinski definition) is 2. The van der Waals surface area contributed by atoms with Crippen LogP contribution >= 0.6 is 0 Å². The average molecular weight is 122 g/mol. The van der Waals surface area contributed by atoms with Crippen molar-refractivity contribution >= 4 is 0 Å². The molecule has 1 heterocycles. The fraction of sp³-hybridized carbons (Fsp3) is 0.429. The summed E-state index contributed by atoms with van der Waals surface area (Å²) in [6.07, 6.45) is 4.58. The summed E-state index contributed by atoms with van der Waals surface area (Å²) in [5.74, 6) is 0. The van der Waals surface area contributed by atoms with E-state index in [1.807, 2.05) is 12.2 Å². The summed E-state index contributed by atoms with van der Waals surface area (Å²) in [5, 5.41) is 7.88. The maximum atomic E-state index is 3.94. The van der Waals surface area contributed by atoms with Crippen molar-refractivity contribution in [2.24, 2.45) is 10.2 Å². The quantitative estimate of drug-likeness (QED) is 0.500. The minimum atomic E-state index is 0.230. The van der Waals surface area contributed by atoms with Gasteiger partial charge in [-0.15, -0.1) is 13.2 Å². The van der Waals surface area contributed by atoms with E-state index < -0.39 is 0 Å². The highest BCUT2D eigenvalue weighted by Crippen LogP contribution is 2.16. The van der Waals surface area contributed by atoms with Gasteiger partial charge in [-0.25, -0.2) is 0 Å². The van der Waals surface area contributed by atoms with E-state index in [4.69, 9.17) is 0 Å². The first kappa shape index (κ1) is 6.20. The van der Waals surface area contributed by atoms with E-state index in [0.717, 1.165) is 6.42 Å². The van der Waals surface area contributed by atoms with Crippen LogP contribution in [-0.4, -0.2) is 12.1 Å². The third-order valence-corrected chi connectivity index (χ3v) is 1.39. The summed E-state index contributed by atoms with van der Waals surface area (Å²) in [4.78, 5) is 0. The zero-order chi connectivity index (χ0) is 6.69. The number of nitrogens with zero attached hydrogens (tertiary/aromatic N) is 2. The lowest BCUT2D eigenvalue weighted by Gasteiger charge is -1.95. The van der Waals surface area contributed by atoms with Gasteiger partial charge in [0.2, 0.25) is 0 Å². The topological polar surface area (TPSA) is 24.7 Å². The summed E-state index contributed by atoms with van der Waals surface area (Å²) in [5.41, 5.74) is 0. The molecule has 1 aliphatic heterocycles. The van der Waals surface area contributed by atoms with E-state index in [1.165, 1.54) is 0 Å². The van der Waals surface area contributed by atoms with E-state index in [-0.39, 0.29) is 12.1 Å². The molecule has 0 aliphatic carbocycles. The minimum absolute atomic E-state index is 0.230. The average Bonchev–Trinajstić information content (AvgIpc) is 2.34. The summed E-state index contributed by atoms with van der Waals surface area (Å²) in [7, 11) is 0. The molecule has 0 N–H and O–H groups in total. The van der Waals surface area contributed by atoms with E-state index >= 15 is 0 Å². The Bertz CT molecular complexity index is 133. The van der Waals surface area contributed by atoms with Crippen molar-refractivity contribution in [3.05, 3.63) is 25.3 Å². The fourth-order valence-corrected chi connectivity index (χ4v) is 0.800. The van der Waals surface area contributed by atoms with Crippen molar-refractivity contribution < 1.29 is 0 Å². The molecule has 48 valence electrons. The maximum absolute atomic E-state index is 3.94. The molecule has 0 radical (unpaired) electrons. The first-order chi connectivity index (χ1) is 4.36. The highest BCUT2D eigenvalue weighted by Gasteiger charge is 2.15. The molecule has 2 nitrogen and oxygen atoms in total. The van der Waals surface area contributed by atoms with E-state index in [0.29, 0.717) is 0 Å². The lowest BCUT2D eigenvalue weighted by molar-refractivity contribution is 0.768. The molecule has 0 spiro atoms. The van der Waals surface area contributed by atoms with Crippen LogP contribution < -0.4 is 0 Å². The molecular weight excluding hydrogens is 112 g/mol. The number of rotatable bonds is 2. The van der Waals surface area contributed by atoms with Crippen LogP contribution in [0.5, 0.6) is 0 Å². The zero-order valence-electron chi connectivity index (χ0n) is 5.33. The predicted molar refractivity (Wildman–Crippen MR) is 37.4 cm³/mol. The minimum Gasteiger partial charge on any atom is -0.186 e. The van der Waals surface area contributed by atoms with Gasteiger partial charge < -0.3 is 0 Å². The Morgan fingerprint density at radius 3 is 1.78 bits per heavy atom. The maximum Gasteiger partial charge on any atom is 0.0910 e. The van der Waals surface area contributed by atoms with Crippen molar-refractivity contribution in [1.29, 1.82) is 0 Å². The van der Waals surface area contributed by atoms with E-state index in [9.17, 15) is 0 Å². The molecule has 0 amide bonds. The normalized spacial score (nSPS) is 32.4. The Morgan fingerprint density at radius 2 is 1.56 bits per heavy atom. The van der Waals surface area contributed by atoms with Crippen LogP contribution in [0.4, 0.5) is 0 Å². The highest BCUT2D eigenvalue weighted by molar-refractivity contribution is 4.98. The van der Waals surface area contributed by atoms with Crippen molar-refractivity contribution in [2.45, 2.75) is 18.5 Å². The van der Waals surface area contributed by atoms with Gasteiger partial charge in [-0.2, -0.15) is 10.2 Å². The van der Waals surface area contributed by atoms with Gasteiger partial charge in [-0.05, 0) is 0 Å². The SMILES string of the molecule is C=C[C@H]1C[C@H](C=C)N=N1. The largest absolute Gasteiger partial charge is 0.186 e. The van der Waals surface area contributed by atoms with Gasteiger partial charge in [-0.1, -0.05) is 12.2 Å². The van der Waals surface area contributed by atoms with Crippen LogP contribution in [0.3, 0.4) is 0 Å². The second kappa shape index (κ2) is 2.58. The Morgan fingerprint density at radius 1 is 1.11 bits per heavy atom. The fourth-order valence-electron chi connectivity index (χ4n) is 0.800. The molecular formula is C7H10N2. The molecule has 0 aromatic heterocycles. The van der Waals surface area contributed by atoms with Gasteiger partial charge in [0.05, 0.1) is 12.1 Å². The van der Waals surface area contributed by atoms with E-state index in [1.54, 1.807) is 0 Å². The Hall–Kier alpha value is -0.920. The third kappa shape index (κ3) is 1.25. The Balaban J connectivity index is 2.48. The number of hydrogen-bond donors (Lipinski definition) is 0. The molecule has 0 saturated carbocycles. The monoisotopic (exact) mass is 122 g/mol. The summed E-state index contributed by atoms with van der Waals surface area (Å²) >= 11 is 0. The molecule has 1 aliphatic rings. The van der Waals surface area contributed by atoms with Gasteiger partial charge >= 0.3 is 0 Å². The summed E-state index contributed by atoms with van der Waals surface area (Å²) < 4.78 is 0. The first-order valence-electron chi connectivity index (χ1n) is 3.02. The van der Waals surface area contributed by atoms with E-state index in [2.05, 4.69) is 23.4 Å². The van der Waals surface area contributed by atoms with Gasteiger partial charge in [0.15, 0.2) is 0 Å². The second-order valence-electron chi connectivity index (χ2n) is 2.07. The van der Waals surface area contributed by atoms with Crippen LogP contribution in [0, 0.1) is 0 Å². The molecule has 1 rings (SSSR count). The van der Waals surface area contributed by atoms with Gasteiger partial charge in [0.1, 0.15) is 0 Å². The molecule has 0 fully saturated rings. The smallest absolute Gasteiger partial charge is 0.0910 e. The van der Waals surface area contributed by atoms with Crippen LogP contribution in [-0.2, 0) is 0 Å².